The second-order valence-electron chi connectivity index (χ2n) is 3.31. The van der Waals surface area contributed by atoms with Crippen LogP contribution in [-0.2, 0) is 6.61 Å². The molecule has 0 unspecified atom stereocenters. The lowest BCUT2D eigenvalue weighted by atomic mass is 10.2. The van der Waals surface area contributed by atoms with Crippen LogP contribution in [0.25, 0.3) is 0 Å². The third-order valence-electron chi connectivity index (χ3n) is 2.12. The number of hydrogen-bond acceptors (Lipinski definition) is 3. The van der Waals surface area contributed by atoms with Crippen molar-refractivity contribution in [1.29, 1.82) is 0 Å². The molecular weight excluding hydrogens is 244 g/mol. The highest BCUT2D eigenvalue weighted by Gasteiger charge is 2.12. The Morgan fingerprint density at radius 1 is 1.41 bits per heavy atom. The first kappa shape index (κ1) is 11.5. The molecule has 1 N–H and O–H groups in total. The van der Waals surface area contributed by atoms with Crippen LogP contribution in [0.2, 0.25) is 5.02 Å². The SMILES string of the molecule is O=C(O)c1ccc(Cl)cc1OCc1ccco1. The van der Waals surface area contributed by atoms with E-state index in [0.717, 1.165) is 0 Å². The Morgan fingerprint density at radius 3 is 2.88 bits per heavy atom. The Morgan fingerprint density at radius 2 is 2.24 bits per heavy atom. The maximum absolute atomic E-state index is 10.9. The molecule has 1 aromatic heterocycles. The van der Waals surface area contributed by atoms with Crippen LogP contribution in [-0.4, -0.2) is 11.1 Å². The van der Waals surface area contributed by atoms with Crippen LogP contribution in [0.3, 0.4) is 0 Å². The molecule has 17 heavy (non-hydrogen) atoms. The van der Waals surface area contributed by atoms with E-state index >= 15 is 0 Å². The number of hydrogen-bond donors (Lipinski definition) is 1. The van der Waals surface area contributed by atoms with E-state index in [-0.39, 0.29) is 17.9 Å². The lowest BCUT2D eigenvalue weighted by molar-refractivity contribution is 0.0691. The highest BCUT2D eigenvalue weighted by Crippen LogP contribution is 2.24. The first-order valence-electron chi connectivity index (χ1n) is 4.85. The summed E-state index contributed by atoms with van der Waals surface area (Å²) in [5.41, 5.74) is 0.0703. The number of ether oxygens (including phenoxy) is 1. The lowest BCUT2D eigenvalue weighted by Gasteiger charge is -2.07. The monoisotopic (exact) mass is 252 g/mol. The van der Waals surface area contributed by atoms with Crippen molar-refractivity contribution in [3.63, 3.8) is 0 Å². The molecule has 0 saturated heterocycles. The Bertz CT molecular complexity index is 519. The van der Waals surface area contributed by atoms with Gasteiger partial charge in [-0.3, -0.25) is 0 Å². The van der Waals surface area contributed by atoms with Crippen molar-refractivity contribution >= 4 is 17.6 Å². The second kappa shape index (κ2) is 4.93. The zero-order valence-corrected chi connectivity index (χ0v) is 9.48. The van der Waals surface area contributed by atoms with Crippen molar-refractivity contribution in [2.45, 2.75) is 6.61 Å². The number of furan rings is 1. The van der Waals surface area contributed by atoms with Crippen LogP contribution in [0.15, 0.2) is 41.0 Å². The molecule has 0 fully saturated rings. The summed E-state index contributed by atoms with van der Waals surface area (Å²) in [5, 5.41) is 9.39. The van der Waals surface area contributed by atoms with Crippen LogP contribution >= 0.6 is 11.6 Å². The van der Waals surface area contributed by atoms with Gasteiger partial charge in [0.15, 0.2) is 0 Å². The zero-order chi connectivity index (χ0) is 12.3. The molecule has 1 heterocycles. The maximum atomic E-state index is 10.9. The Labute approximate surface area is 102 Å². The van der Waals surface area contributed by atoms with Gasteiger partial charge >= 0.3 is 5.97 Å². The summed E-state index contributed by atoms with van der Waals surface area (Å²) in [6.07, 6.45) is 1.52. The van der Waals surface area contributed by atoms with Gasteiger partial charge < -0.3 is 14.3 Å². The summed E-state index contributed by atoms with van der Waals surface area (Å²) in [6, 6.07) is 7.85. The Kier molecular flexibility index (Phi) is 3.35. The van der Waals surface area contributed by atoms with E-state index in [1.54, 1.807) is 12.1 Å². The number of carbonyl (C=O) groups is 1. The summed E-state index contributed by atoms with van der Waals surface area (Å²) in [4.78, 5) is 10.9. The highest BCUT2D eigenvalue weighted by molar-refractivity contribution is 6.30. The number of aromatic carboxylic acids is 1. The molecule has 0 bridgehead atoms. The van der Waals surface area contributed by atoms with Gasteiger partial charge in [0.25, 0.3) is 0 Å². The molecule has 88 valence electrons. The van der Waals surface area contributed by atoms with E-state index in [1.165, 1.54) is 24.5 Å². The van der Waals surface area contributed by atoms with Crippen LogP contribution in [0, 0.1) is 0 Å². The van der Waals surface area contributed by atoms with E-state index in [2.05, 4.69) is 0 Å². The maximum Gasteiger partial charge on any atom is 0.339 e. The van der Waals surface area contributed by atoms with Crippen LogP contribution in [0.4, 0.5) is 0 Å². The van der Waals surface area contributed by atoms with Gasteiger partial charge in [0, 0.05) is 5.02 Å². The van der Waals surface area contributed by atoms with E-state index in [1.807, 2.05) is 0 Å². The summed E-state index contributed by atoms with van der Waals surface area (Å²) in [7, 11) is 0. The third kappa shape index (κ3) is 2.79. The van der Waals surface area contributed by atoms with Crippen molar-refractivity contribution in [2.75, 3.05) is 0 Å². The molecule has 4 nitrogen and oxygen atoms in total. The molecule has 2 rings (SSSR count). The molecule has 5 heteroatoms. The molecule has 0 radical (unpaired) electrons. The molecule has 1 aromatic carbocycles. The third-order valence-corrected chi connectivity index (χ3v) is 2.36. The van der Waals surface area contributed by atoms with Gasteiger partial charge in [0.1, 0.15) is 23.7 Å². The summed E-state index contributed by atoms with van der Waals surface area (Å²) >= 11 is 5.79. The summed E-state index contributed by atoms with van der Waals surface area (Å²) in [5.74, 6) is -0.223. The number of halogens is 1. The van der Waals surface area contributed by atoms with Crippen molar-refractivity contribution in [1.82, 2.24) is 0 Å². The normalized spacial score (nSPS) is 10.2. The summed E-state index contributed by atoms with van der Waals surface area (Å²) in [6.45, 7) is 0.160. The fourth-order valence-corrected chi connectivity index (χ4v) is 1.50. The smallest absolute Gasteiger partial charge is 0.339 e. The van der Waals surface area contributed by atoms with Gasteiger partial charge in [-0.2, -0.15) is 0 Å². The minimum atomic E-state index is -1.06. The molecule has 0 spiro atoms. The molecular formula is C12H9ClO4. The predicted octanol–water partition coefficient (Wildman–Crippen LogP) is 3.21. The van der Waals surface area contributed by atoms with Crippen LogP contribution in [0.1, 0.15) is 16.1 Å². The first-order valence-corrected chi connectivity index (χ1v) is 5.22. The molecule has 0 aliphatic rings. The fraction of sp³-hybridized carbons (Fsp3) is 0.0833. The molecule has 0 saturated carbocycles. The fourth-order valence-electron chi connectivity index (χ4n) is 1.34. The predicted molar refractivity (Wildman–Crippen MR) is 61.5 cm³/mol. The van der Waals surface area contributed by atoms with E-state index in [4.69, 9.17) is 25.9 Å². The van der Waals surface area contributed by atoms with Gasteiger partial charge in [0.2, 0.25) is 0 Å². The Balaban J connectivity index is 2.19. The van der Waals surface area contributed by atoms with Crippen molar-refractivity contribution in [3.05, 3.63) is 52.9 Å². The molecule has 0 aliphatic heterocycles. The zero-order valence-electron chi connectivity index (χ0n) is 8.72. The largest absolute Gasteiger partial charge is 0.485 e. The van der Waals surface area contributed by atoms with Crippen molar-refractivity contribution < 1.29 is 19.1 Å². The van der Waals surface area contributed by atoms with Crippen LogP contribution in [0.5, 0.6) is 5.75 Å². The van der Waals surface area contributed by atoms with Gasteiger partial charge in [-0.25, -0.2) is 4.79 Å². The van der Waals surface area contributed by atoms with Gasteiger partial charge in [0.05, 0.1) is 6.26 Å². The topological polar surface area (TPSA) is 59.7 Å². The minimum absolute atomic E-state index is 0.0703. The van der Waals surface area contributed by atoms with Gasteiger partial charge in [-0.05, 0) is 30.3 Å². The average molecular weight is 253 g/mol. The molecule has 2 aromatic rings. The van der Waals surface area contributed by atoms with Gasteiger partial charge in [-0.15, -0.1) is 0 Å². The van der Waals surface area contributed by atoms with Crippen LogP contribution < -0.4 is 4.74 Å². The average Bonchev–Trinajstić information content (AvgIpc) is 2.78. The van der Waals surface area contributed by atoms with Crippen molar-refractivity contribution in [3.8, 4) is 5.75 Å². The molecule has 0 amide bonds. The number of rotatable bonds is 4. The number of carboxylic acid groups (broad SMARTS) is 1. The number of benzene rings is 1. The second-order valence-corrected chi connectivity index (χ2v) is 3.75. The van der Waals surface area contributed by atoms with E-state index < -0.39 is 5.97 Å². The van der Waals surface area contributed by atoms with Gasteiger partial charge in [-0.1, -0.05) is 11.6 Å². The van der Waals surface area contributed by atoms with E-state index in [9.17, 15) is 4.79 Å². The highest BCUT2D eigenvalue weighted by atomic mass is 35.5. The quantitative estimate of drug-likeness (QED) is 0.908. The molecule has 0 atom stereocenters. The van der Waals surface area contributed by atoms with E-state index in [0.29, 0.717) is 10.8 Å². The Hall–Kier alpha value is -1.94. The van der Waals surface area contributed by atoms with Crippen molar-refractivity contribution in [2.24, 2.45) is 0 Å². The first-order chi connectivity index (χ1) is 8.16. The number of carboxylic acids is 1. The lowest BCUT2D eigenvalue weighted by Crippen LogP contribution is -2.02. The molecule has 0 aliphatic carbocycles. The minimum Gasteiger partial charge on any atom is -0.485 e. The standard InChI is InChI=1S/C12H9ClO4/c13-8-3-4-10(12(14)15)11(6-8)17-7-9-2-1-5-16-9/h1-6H,7H2,(H,14,15). The summed E-state index contributed by atoms with van der Waals surface area (Å²) < 4.78 is 10.4.